The molecule has 0 amide bonds. The summed E-state index contributed by atoms with van der Waals surface area (Å²) in [6.45, 7) is -1.23. The molecule has 29 heavy (non-hydrogen) atoms. The first-order valence-corrected chi connectivity index (χ1v) is 9.11. The molecule has 1 saturated heterocycles. The van der Waals surface area contributed by atoms with E-state index in [1.807, 2.05) is 0 Å². The summed E-state index contributed by atoms with van der Waals surface area (Å²) in [5.41, 5.74) is 0.631. The lowest BCUT2D eigenvalue weighted by atomic mass is 10.0. The summed E-state index contributed by atoms with van der Waals surface area (Å²) in [7, 11) is 0. The number of ether oxygens (including phenoxy) is 4. The molecule has 154 valence electrons. The third kappa shape index (κ3) is 5.18. The fraction of sp³-hybridized carbons (Fsp3) is 0.333. The number of hydrogen-bond acceptors (Lipinski definition) is 8. The Morgan fingerprint density at radius 2 is 1.17 bits per heavy atom. The van der Waals surface area contributed by atoms with Crippen LogP contribution in [0.15, 0.2) is 60.7 Å². The van der Waals surface area contributed by atoms with Gasteiger partial charge in [-0.2, -0.15) is 0 Å². The molecule has 1 aliphatic rings. The first-order valence-electron chi connectivity index (χ1n) is 9.11. The number of aliphatic hydroxyl groups excluding tert-OH is 2. The van der Waals surface area contributed by atoms with E-state index in [-0.39, 0.29) is 6.79 Å². The van der Waals surface area contributed by atoms with Crippen molar-refractivity contribution in [3.05, 3.63) is 71.8 Å². The topological polar surface area (TPSA) is 112 Å². The summed E-state index contributed by atoms with van der Waals surface area (Å²) in [4.78, 5) is 24.6. The van der Waals surface area contributed by atoms with E-state index in [4.69, 9.17) is 18.9 Å². The molecule has 0 saturated carbocycles. The maximum atomic E-state index is 12.3. The quantitative estimate of drug-likeness (QED) is 0.633. The van der Waals surface area contributed by atoms with Gasteiger partial charge in [-0.15, -0.1) is 0 Å². The van der Waals surface area contributed by atoms with Crippen LogP contribution in [0.1, 0.15) is 20.7 Å². The van der Waals surface area contributed by atoms with E-state index in [0.717, 1.165) is 0 Å². The maximum Gasteiger partial charge on any atom is 0.338 e. The first-order chi connectivity index (χ1) is 14.1. The Bertz CT molecular complexity index is 727. The highest BCUT2D eigenvalue weighted by Gasteiger charge is 2.44. The Labute approximate surface area is 167 Å². The summed E-state index contributed by atoms with van der Waals surface area (Å²) >= 11 is 0. The number of carbonyl (C=O) groups is 2. The van der Waals surface area contributed by atoms with Crippen LogP contribution < -0.4 is 0 Å². The van der Waals surface area contributed by atoms with Crippen LogP contribution in [0.25, 0.3) is 0 Å². The minimum Gasteiger partial charge on any atom is -0.453 e. The van der Waals surface area contributed by atoms with Crippen molar-refractivity contribution in [3.63, 3.8) is 0 Å². The zero-order valence-corrected chi connectivity index (χ0v) is 15.5. The molecule has 2 N–H and O–H groups in total. The molecular weight excluding hydrogens is 380 g/mol. The number of aliphatic hydroxyl groups is 2. The SMILES string of the molecule is O=C(O[C@H](CO)[C@H]1OCO[C@@H]1[C@@H](CO)OC(=O)c1ccccc1)c1ccccc1. The second-order valence-electron chi connectivity index (χ2n) is 6.37. The third-order valence-corrected chi connectivity index (χ3v) is 4.47. The molecule has 8 nitrogen and oxygen atoms in total. The van der Waals surface area contributed by atoms with E-state index in [1.54, 1.807) is 60.7 Å². The van der Waals surface area contributed by atoms with Crippen molar-refractivity contribution in [2.24, 2.45) is 0 Å². The summed E-state index contributed by atoms with van der Waals surface area (Å²) < 4.78 is 21.7. The molecule has 0 spiro atoms. The van der Waals surface area contributed by atoms with Crippen LogP contribution in [0, 0.1) is 0 Å². The Morgan fingerprint density at radius 3 is 1.52 bits per heavy atom. The second kappa shape index (κ2) is 10.1. The highest BCUT2D eigenvalue weighted by molar-refractivity contribution is 5.90. The highest BCUT2D eigenvalue weighted by Crippen LogP contribution is 2.24. The lowest BCUT2D eigenvalue weighted by Gasteiger charge is -2.29. The fourth-order valence-corrected chi connectivity index (χ4v) is 3.00. The minimum absolute atomic E-state index is 0.159. The number of hydrogen-bond donors (Lipinski definition) is 2. The molecule has 0 bridgehead atoms. The van der Waals surface area contributed by atoms with Gasteiger partial charge in [0.15, 0.2) is 12.2 Å². The van der Waals surface area contributed by atoms with Gasteiger partial charge in [0.2, 0.25) is 0 Å². The molecule has 2 aromatic rings. The van der Waals surface area contributed by atoms with E-state index in [0.29, 0.717) is 11.1 Å². The largest absolute Gasteiger partial charge is 0.453 e. The molecule has 1 aliphatic heterocycles. The average Bonchev–Trinajstić information content (AvgIpc) is 3.26. The van der Waals surface area contributed by atoms with Gasteiger partial charge in [-0.25, -0.2) is 9.59 Å². The summed E-state index contributed by atoms with van der Waals surface area (Å²) in [5, 5.41) is 19.5. The van der Waals surface area contributed by atoms with Crippen LogP contribution in [0.4, 0.5) is 0 Å². The monoisotopic (exact) mass is 402 g/mol. The lowest BCUT2D eigenvalue weighted by molar-refractivity contribution is -0.0797. The van der Waals surface area contributed by atoms with E-state index in [2.05, 4.69) is 0 Å². The Morgan fingerprint density at radius 1 is 0.793 bits per heavy atom. The van der Waals surface area contributed by atoms with Crippen molar-refractivity contribution in [1.82, 2.24) is 0 Å². The van der Waals surface area contributed by atoms with Gasteiger partial charge in [-0.1, -0.05) is 36.4 Å². The van der Waals surface area contributed by atoms with E-state index >= 15 is 0 Å². The molecule has 1 heterocycles. The van der Waals surface area contributed by atoms with Crippen LogP contribution >= 0.6 is 0 Å². The third-order valence-electron chi connectivity index (χ3n) is 4.47. The summed E-state index contributed by atoms with van der Waals surface area (Å²) in [6.07, 6.45) is -3.99. The average molecular weight is 402 g/mol. The standard InChI is InChI=1S/C21H22O8/c22-11-16(28-20(24)14-7-3-1-4-8-14)18-19(27-13-26-18)17(12-23)29-21(25)15-9-5-2-6-10-15/h1-10,16-19,22-23H,11-13H2/t16-,17-,18-,19-/m1/s1. The van der Waals surface area contributed by atoms with Gasteiger partial charge in [0.1, 0.15) is 19.0 Å². The molecule has 4 atom stereocenters. The van der Waals surface area contributed by atoms with Crippen molar-refractivity contribution in [2.75, 3.05) is 20.0 Å². The van der Waals surface area contributed by atoms with Crippen LogP contribution in [-0.4, -0.2) is 66.6 Å². The van der Waals surface area contributed by atoms with Crippen molar-refractivity contribution >= 4 is 11.9 Å². The molecule has 0 unspecified atom stereocenters. The van der Waals surface area contributed by atoms with Gasteiger partial charge in [-0.05, 0) is 24.3 Å². The van der Waals surface area contributed by atoms with Crippen molar-refractivity contribution in [3.8, 4) is 0 Å². The van der Waals surface area contributed by atoms with Gasteiger partial charge in [0.05, 0.1) is 24.3 Å². The van der Waals surface area contributed by atoms with Gasteiger partial charge in [0.25, 0.3) is 0 Å². The normalized spacial score (nSPS) is 20.6. The molecule has 8 heteroatoms. The Balaban J connectivity index is 1.69. The van der Waals surface area contributed by atoms with E-state index in [9.17, 15) is 19.8 Å². The van der Waals surface area contributed by atoms with Gasteiger partial charge in [0, 0.05) is 0 Å². The van der Waals surface area contributed by atoms with Crippen LogP contribution in [0.5, 0.6) is 0 Å². The fourth-order valence-electron chi connectivity index (χ4n) is 3.00. The van der Waals surface area contributed by atoms with E-state index < -0.39 is 49.6 Å². The molecule has 0 aliphatic carbocycles. The van der Waals surface area contributed by atoms with Crippen LogP contribution in [0.3, 0.4) is 0 Å². The Hall–Kier alpha value is -2.78. The maximum absolute atomic E-state index is 12.3. The minimum atomic E-state index is -1.07. The lowest BCUT2D eigenvalue weighted by Crippen LogP contribution is -2.48. The number of benzene rings is 2. The second-order valence-corrected chi connectivity index (χ2v) is 6.37. The number of rotatable bonds is 8. The molecule has 0 aromatic heterocycles. The zero-order valence-electron chi connectivity index (χ0n) is 15.5. The Kier molecular flexibility index (Phi) is 7.31. The molecular formula is C21H22O8. The van der Waals surface area contributed by atoms with Gasteiger partial charge >= 0.3 is 11.9 Å². The van der Waals surface area contributed by atoms with Gasteiger partial charge < -0.3 is 29.2 Å². The predicted molar refractivity (Wildman–Crippen MR) is 100 cm³/mol. The molecule has 0 radical (unpaired) electrons. The molecule has 3 rings (SSSR count). The van der Waals surface area contributed by atoms with Crippen LogP contribution in [0.2, 0.25) is 0 Å². The first kappa shape index (κ1) is 20.9. The van der Waals surface area contributed by atoms with Crippen LogP contribution in [-0.2, 0) is 18.9 Å². The smallest absolute Gasteiger partial charge is 0.338 e. The van der Waals surface area contributed by atoms with Crippen molar-refractivity contribution < 1.29 is 38.7 Å². The summed E-state index contributed by atoms with van der Waals surface area (Å²) in [5.74, 6) is -1.28. The predicted octanol–water partition coefficient (Wildman–Crippen LogP) is 1.16. The van der Waals surface area contributed by atoms with Crippen molar-refractivity contribution in [1.29, 1.82) is 0 Å². The summed E-state index contributed by atoms with van der Waals surface area (Å²) in [6, 6.07) is 16.6. The zero-order chi connectivity index (χ0) is 20.6. The van der Waals surface area contributed by atoms with Crippen molar-refractivity contribution in [2.45, 2.75) is 24.4 Å². The molecule has 2 aromatic carbocycles. The molecule has 1 fully saturated rings. The number of carbonyl (C=O) groups excluding carboxylic acids is 2. The van der Waals surface area contributed by atoms with E-state index in [1.165, 1.54) is 0 Å². The highest BCUT2D eigenvalue weighted by atomic mass is 16.7. The van der Waals surface area contributed by atoms with Gasteiger partial charge in [-0.3, -0.25) is 0 Å². The number of esters is 2.